The van der Waals surface area contributed by atoms with Crippen molar-refractivity contribution in [1.29, 1.82) is 0 Å². The van der Waals surface area contributed by atoms with Crippen LogP contribution in [0.5, 0.6) is 0 Å². The summed E-state index contributed by atoms with van der Waals surface area (Å²) in [6.07, 6.45) is 2.39. The molecule has 1 unspecified atom stereocenters. The van der Waals surface area contributed by atoms with Gasteiger partial charge in [-0.05, 0) is 18.4 Å². The van der Waals surface area contributed by atoms with Crippen LogP contribution in [0.2, 0.25) is 0 Å². The molecule has 0 heterocycles. The van der Waals surface area contributed by atoms with Crippen LogP contribution in [0.15, 0.2) is 30.3 Å². The number of hydrogen-bond donors (Lipinski definition) is 2. The summed E-state index contributed by atoms with van der Waals surface area (Å²) in [7, 11) is -5.22. The molecule has 0 saturated carbocycles. The molecule has 1 aromatic carbocycles. The maximum absolute atomic E-state index is 12.0. The molecular weight excluding hydrogens is 305 g/mol. The molecular formula is C13H19F3N2O2S. The predicted octanol–water partition coefficient (Wildman–Crippen LogP) is 2.69. The number of nitrogens with one attached hydrogen (secondary N) is 1. The van der Waals surface area contributed by atoms with E-state index < -0.39 is 15.5 Å². The zero-order valence-corrected chi connectivity index (χ0v) is 12.3. The molecule has 8 heteroatoms. The normalized spacial score (nSPS) is 14.1. The highest BCUT2D eigenvalue weighted by atomic mass is 32.2. The molecule has 4 nitrogen and oxygen atoms in total. The van der Waals surface area contributed by atoms with Crippen LogP contribution in [-0.4, -0.2) is 20.5 Å². The van der Waals surface area contributed by atoms with Crippen LogP contribution >= 0.6 is 0 Å². The third-order valence-corrected chi connectivity index (χ3v) is 4.21. The van der Waals surface area contributed by atoms with Crippen LogP contribution < -0.4 is 10.5 Å². The Balaban J connectivity index is 2.19. The summed E-state index contributed by atoms with van der Waals surface area (Å²) < 4.78 is 59.1. The van der Waals surface area contributed by atoms with Crippen LogP contribution in [0.4, 0.5) is 13.2 Å². The van der Waals surface area contributed by atoms with Gasteiger partial charge in [0.2, 0.25) is 0 Å². The summed E-state index contributed by atoms with van der Waals surface area (Å²) in [5.74, 6) is 0. The van der Waals surface area contributed by atoms with Crippen LogP contribution in [0.3, 0.4) is 0 Å². The van der Waals surface area contributed by atoms with E-state index in [-0.39, 0.29) is 12.6 Å². The third-order valence-electron chi connectivity index (χ3n) is 3.02. The maximum Gasteiger partial charge on any atom is 0.511 e. The molecule has 0 bridgehead atoms. The van der Waals surface area contributed by atoms with Crippen molar-refractivity contribution in [3.8, 4) is 0 Å². The van der Waals surface area contributed by atoms with E-state index in [2.05, 4.69) is 0 Å². The Labute approximate surface area is 122 Å². The highest BCUT2D eigenvalue weighted by Gasteiger charge is 2.45. The lowest BCUT2D eigenvalue weighted by Gasteiger charge is -2.12. The maximum atomic E-state index is 12.0. The van der Waals surface area contributed by atoms with E-state index in [4.69, 9.17) is 5.73 Å². The lowest BCUT2D eigenvalue weighted by Crippen LogP contribution is -2.36. The summed E-state index contributed by atoms with van der Waals surface area (Å²) >= 11 is 0. The first-order valence-corrected chi connectivity index (χ1v) is 8.09. The number of nitrogens with two attached hydrogens (primary N) is 1. The SMILES string of the molecule is NC(CCCCCNS(=O)(=O)C(F)(F)F)c1ccccc1. The Morgan fingerprint density at radius 1 is 1.10 bits per heavy atom. The fourth-order valence-corrected chi connectivity index (χ4v) is 2.40. The van der Waals surface area contributed by atoms with Gasteiger partial charge in [-0.15, -0.1) is 0 Å². The standard InChI is InChI=1S/C13H19F3N2O2S/c14-13(15,16)21(19,20)18-10-6-2-5-9-12(17)11-7-3-1-4-8-11/h1,3-4,7-8,12,18H,2,5-6,9-10,17H2. The van der Waals surface area contributed by atoms with E-state index >= 15 is 0 Å². The van der Waals surface area contributed by atoms with Gasteiger partial charge in [0, 0.05) is 12.6 Å². The highest BCUT2D eigenvalue weighted by Crippen LogP contribution is 2.21. The zero-order chi connectivity index (χ0) is 15.9. The molecule has 120 valence electrons. The summed E-state index contributed by atoms with van der Waals surface area (Å²) in [5, 5.41) is 0. The van der Waals surface area contributed by atoms with Gasteiger partial charge in [-0.2, -0.15) is 13.2 Å². The first kappa shape index (κ1) is 17.9. The predicted molar refractivity (Wildman–Crippen MR) is 74.8 cm³/mol. The largest absolute Gasteiger partial charge is 0.511 e. The fraction of sp³-hybridized carbons (Fsp3) is 0.538. The second kappa shape index (κ2) is 7.77. The molecule has 0 spiro atoms. The van der Waals surface area contributed by atoms with Crippen LogP contribution in [0.1, 0.15) is 37.3 Å². The van der Waals surface area contributed by atoms with E-state index in [1.165, 1.54) is 4.72 Å². The average molecular weight is 324 g/mol. The van der Waals surface area contributed by atoms with Crippen molar-refractivity contribution >= 4 is 10.0 Å². The minimum absolute atomic E-state index is 0.113. The van der Waals surface area contributed by atoms with Crippen molar-refractivity contribution in [3.05, 3.63) is 35.9 Å². The number of benzene rings is 1. The minimum atomic E-state index is -5.25. The Hall–Kier alpha value is -1.12. The molecule has 0 aliphatic rings. The van der Waals surface area contributed by atoms with Gasteiger partial charge in [0.05, 0.1) is 0 Å². The zero-order valence-electron chi connectivity index (χ0n) is 11.4. The smallest absolute Gasteiger partial charge is 0.324 e. The van der Waals surface area contributed by atoms with E-state index in [1.807, 2.05) is 30.3 Å². The number of rotatable bonds is 8. The number of unbranched alkanes of at least 4 members (excludes halogenated alkanes) is 2. The topological polar surface area (TPSA) is 72.2 Å². The summed E-state index contributed by atoms with van der Waals surface area (Å²) in [6.45, 7) is -0.220. The molecule has 1 rings (SSSR count). The van der Waals surface area contributed by atoms with E-state index in [1.54, 1.807) is 0 Å². The minimum Gasteiger partial charge on any atom is -0.324 e. The second-order valence-electron chi connectivity index (χ2n) is 4.71. The second-order valence-corrected chi connectivity index (χ2v) is 6.47. The summed E-state index contributed by atoms with van der Waals surface area (Å²) in [5.41, 5.74) is 1.74. The molecule has 0 aromatic heterocycles. The van der Waals surface area contributed by atoms with E-state index in [0.717, 1.165) is 12.0 Å². The van der Waals surface area contributed by atoms with E-state index in [9.17, 15) is 21.6 Å². The molecule has 1 atom stereocenters. The Kier molecular flexibility index (Phi) is 6.63. The average Bonchev–Trinajstić information content (AvgIpc) is 2.42. The van der Waals surface area contributed by atoms with Crippen LogP contribution in [0.25, 0.3) is 0 Å². The van der Waals surface area contributed by atoms with Gasteiger partial charge >= 0.3 is 15.5 Å². The van der Waals surface area contributed by atoms with Crippen molar-refractivity contribution in [2.45, 2.75) is 37.2 Å². The lowest BCUT2D eigenvalue weighted by atomic mass is 10.0. The number of halogens is 3. The van der Waals surface area contributed by atoms with Crippen molar-refractivity contribution < 1.29 is 21.6 Å². The molecule has 0 aliphatic heterocycles. The summed E-state index contributed by atoms with van der Waals surface area (Å²) in [6, 6.07) is 9.40. The molecule has 0 radical (unpaired) electrons. The van der Waals surface area contributed by atoms with Crippen molar-refractivity contribution in [2.24, 2.45) is 5.73 Å². The fourth-order valence-electron chi connectivity index (χ4n) is 1.82. The van der Waals surface area contributed by atoms with Gasteiger partial charge in [-0.3, -0.25) is 0 Å². The lowest BCUT2D eigenvalue weighted by molar-refractivity contribution is -0.0447. The first-order valence-electron chi connectivity index (χ1n) is 6.60. The van der Waals surface area contributed by atoms with Crippen molar-refractivity contribution in [1.82, 2.24) is 4.72 Å². The van der Waals surface area contributed by atoms with Crippen molar-refractivity contribution in [3.63, 3.8) is 0 Å². The molecule has 0 amide bonds. The number of alkyl halides is 3. The molecule has 3 N–H and O–H groups in total. The monoisotopic (exact) mass is 324 g/mol. The first-order chi connectivity index (χ1) is 9.74. The van der Waals surface area contributed by atoms with Gasteiger partial charge in [-0.1, -0.05) is 43.2 Å². The van der Waals surface area contributed by atoms with Gasteiger partial charge in [0.15, 0.2) is 0 Å². The van der Waals surface area contributed by atoms with Gasteiger partial charge in [0.1, 0.15) is 0 Å². The van der Waals surface area contributed by atoms with E-state index in [0.29, 0.717) is 19.3 Å². The highest BCUT2D eigenvalue weighted by molar-refractivity contribution is 7.90. The van der Waals surface area contributed by atoms with Gasteiger partial charge < -0.3 is 5.73 Å². The quantitative estimate of drug-likeness (QED) is 0.722. The molecule has 0 saturated heterocycles. The molecule has 21 heavy (non-hydrogen) atoms. The Morgan fingerprint density at radius 3 is 2.29 bits per heavy atom. The Bertz CT molecular complexity index is 518. The van der Waals surface area contributed by atoms with Crippen molar-refractivity contribution in [2.75, 3.05) is 6.54 Å². The number of hydrogen-bond acceptors (Lipinski definition) is 3. The van der Waals surface area contributed by atoms with Crippen LogP contribution in [0, 0.1) is 0 Å². The Morgan fingerprint density at radius 2 is 1.71 bits per heavy atom. The van der Waals surface area contributed by atoms with Gasteiger partial charge in [0.25, 0.3) is 0 Å². The number of sulfonamides is 1. The molecule has 0 fully saturated rings. The summed E-state index contributed by atoms with van der Waals surface area (Å²) in [4.78, 5) is 0. The molecule has 0 aliphatic carbocycles. The van der Waals surface area contributed by atoms with Gasteiger partial charge in [-0.25, -0.2) is 13.1 Å². The third kappa shape index (κ3) is 6.03. The van der Waals surface area contributed by atoms with Crippen LogP contribution in [-0.2, 0) is 10.0 Å². The molecule has 1 aromatic rings.